The minimum atomic E-state index is -0.562. The molecule has 0 aliphatic heterocycles. The molecule has 0 aliphatic carbocycles. The van der Waals surface area contributed by atoms with Crippen molar-refractivity contribution in [1.29, 1.82) is 0 Å². The molecule has 0 saturated carbocycles. The Morgan fingerprint density at radius 1 is 1.14 bits per heavy atom. The topological polar surface area (TPSA) is 75.7 Å². The van der Waals surface area contributed by atoms with Crippen LogP contribution in [0.1, 0.15) is 16.7 Å². The van der Waals surface area contributed by atoms with E-state index < -0.39 is 11.8 Å². The number of halogens is 2. The van der Waals surface area contributed by atoms with Gasteiger partial charge in [-0.25, -0.2) is 19.3 Å². The molecule has 0 saturated heterocycles. The number of pyridine rings is 1. The fourth-order valence-electron chi connectivity index (χ4n) is 2.99. The van der Waals surface area contributed by atoms with Crippen molar-refractivity contribution < 1.29 is 13.5 Å². The number of anilines is 1. The van der Waals surface area contributed by atoms with Gasteiger partial charge in [-0.3, -0.25) is 0 Å². The molecule has 3 heterocycles. The Labute approximate surface area is 159 Å². The van der Waals surface area contributed by atoms with E-state index >= 15 is 0 Å². The standard InChI is InChI=1S/C20H17F2N5O/c1-28-16-5-12(4-15(21)7-16)8-24-18-3-2-13(19(22)27-18)6-14-9-25-20-17(14)10-23-11-26-20/h2-5,7,9-11H,6,8H2,1H3,(H,24,27)(H,23,25,26). The first-order valence-electron chi connectivity index (χ1n) is 8.61. The van der Waals surface area contributed by atoms with Gasteiger partial charge in [-0.1, -0.05) is 6.07 Å². The minimum Gasteiger partial charge on any atom is -0.497 e. The van der Waals surface area contributed by atoms with Gasteiger partial charge in [0.1, 0.15) is 29.4 Å². The summed E-state index contributed by atoms with van der Waals surface area (Å²) >= 11 is 0. The van der Waals surface area contributed by atoms with Gasteiger partial charge in [0.05, 0.1) is 7.11 Å². The predicted octanol–water partition coefficient (Wildman–Crippen LogP) is 3.84. The number of nitrogens with one attached hydrogen (secondary N) is 2. The van der Waals surface area contributed by atoms with Crippen LogP contribution in [0.3, 0.4) is 0 Å². The van der Waals surface area contributed by atoms with Crippen LogP contribution in [0.25, 0.3) is 11.0 Å². The summed E-state index contributed by atoms with van der Waals surface area (Å²) in [6, 6.07) is 7.77. The van der Waals surface area contributed by atoms with Gasteiger partial charge in [-0.15, -0.1) is 0 Å². The van der Waals surface area contributed by atoms with E-state index in [2.05, 4.69) is 25.3 Å². The fraction of sp³-hybridized carbons (Fsp3) is 0.150. The van der Waals surface area contributed by atoms with Gasteiger partial charge < -0.3 is 15.0 Å². The van der Waals surface area contributed by atoms with Crippen LogP contribution in [0.4, 0.5) is 14.6 Å². The van der Waals surface area contributed by atoms with Crippen LogP contribution in [0.15, 0.2) is 49.1 Å². The maximum atomic E-state index is 14.5. The summed E-state index contributed by atoms with van der Waals surface area (Å²) in [5.41, 5.74) is 2.73. The Morgan fingerprint density at radius 2 is 2.04 bits per heavy atom. The molecule has 0 radical (unpaired) electrons. The highest BCUT2D eigenvalue weighted by molar-refractivity contribution is 5.78. The lowest BCUT2D eigenvalue weighted by Gasteiger charge is -2.09. The number of hydrogen-bond donors (Lipinski definition) is 2. The van der Waals surface area contributed by atoms with Crippen LogP contribution in [0.2, 0.25) is 0 Å². The number of aromatic nitrogens is 4. The molecule has 0 amide bonds. The van der Waals surface area contributed by atoms with E-state index in [1.54, 1.807) is 30.6 Å². The van der Waals surface area contributed by atoms with E-state index in [9.17, 15) is 8.78 Å². The third-order valence-corrected chi connectivity index (χ3v) is 4.39. The molecule has 8 heteroatoms. The third kappa shape index (κ3) is 3.75. The normalized spacial score (nSPS) is 11.0. The number of H-pyrrole nitrogens is 1. The summed E-state index contributed by atoms with van der Waals surface area (Å²) in [7, 11) is 1.47. The molecule has 0 bridgehead atoms. The monoisotopic (exact) mass is 381 g/mol. The fourth-order valence-corrected chi connectivity index (χ4v) is 2.99. The largest absolute Gasteiger partial charge is 0.497 e. The summed E-state index contributed by atoms with van der Waals surface area (Å²) in [6.07, 6.45) is 5.32. The average Bonchev–Trinajstić information content (AvgIpc) is 3.11. The highest BCUT2D eigenvalue weighted by Gasteiger charge is 2.11. The van der Waals surface area contributed by atoms with Gasteiger partial charge >= 0.3 is 0 Å². The number of fused-ring (bicyclic) bond motifs is 1. The Morgan fingerprint density at radius 3 is 2.86 bits per heavy atom. The predicted molar refractivity (Wildman–Crippen MR) is 101 cm³/mol. The molecule has 4 rings (SSSR count). The molecular weight excluding hydrogens is 364 g/mol. The lowest BCUT2D eigenvalue weighted by atomic mass is 10.1. The van der Waals surface area contributed by atoms with Crippen molar-refractivity contribution in [1.82, 2.24) is 19.9 Å². The molecule has 0 unspecified atom stereocenters. The molecule has 28 heavy (non-hydrogen) atoms. The van der Waals surface area contributed by atoms with Crippen molar-refractivity contribution in [3.63, 3.8) is 0 Å². The van der Waals surface area contributed by atoms with E-state index in [1.165, 1.54) is 25.6 Å². The molecule has 2 N–H and O–H groups in total. The van der Waals surface area contributed by atoms with Gasteiger partial charge in [0.15, 0.2) is 0 Å². The van der Waals surface area contributed by atoms with E-state index in [1.807, 2.05) is 0 Å². The SMILES string of the molecule is COc1cc(F)cc(CNc2ccc(Cc3c[nH]c4ncncc34)c(F)n2)c1. The summed E-state index contributed by atoms with van der Waals surface area (Å²) in [6.45, 7) is 0.291. The van der Waals surface area contributed by atoms with Crippen LogP contribution in [0, 0.1) is 11.8 Å². The highest BCUT2D eigenvalue weighted by Crippen LogP contribution is 2.21. The molecule has 3 aromatic heterocycles. The van der Waals surface area contributed by atoms with Gasteiger partial charge in [0.2, 0.25) is 5.95 Å². The smallest absolute Gasteiger partial charge is 0.218 e. The quantitative estimate of drug-likeness (QED) is 0.496. The molecule has 142 valence electrons. The maximum absolute atomic E-state index is 14.5. The van der Waals surface area contributed by atoms with Crippen LogP contribution in [-0.2, 0) is 13.0 Å². The molecule has 0 spiro atoms. The Hall–Kier alpha value is -3.55. The zero-order valence-electron chi connectivity index (χ0n) is 15.0. The first-order valence-corrected chi connectivity index (χ1v) is 8.61. The van der Waals surface area contributed by atoms with Gasteiger partial charge in [0.25, 0.3) is 0 Å². The summed E-state index contributed by atoms with van der Waals surface area (Å²) < 4.78 is 33.1. The second kappa shape index (κ2) is 7.59. The lowest BCUT2D eigenvalue weighted by Crippen LogP contribution is -2.05. The maximum Gasteiger partial charge on any atom is 0.218 e. The number of hydrogen-bond acceptors (Lipinski definition) is 5. The Balaban J connectivity index is 1.48. The zero-order valence-corrected chi connectivity index (χ0v) is 15.0. The van der Waals surface area contributed by atoms with E-state index in [0.717, 1.165) is 10.9 Å². The van der Waals surface area contributed by atoms with Crippen LogP contribution < -0.4 is 10.1 Å². The van der Waals surface area contributed by atoms with Gasteiger partial charge in [0, 0.05) is 42.4 Å². The van der Waals surface area contributed by atoms with Crippen LogP contribution in [-0.4, -0.2) is 27.0 Å². The van der Waals surface area contributed by atoms with E-state index in [-0.39, 0.29) is 0 Å². The van der Waals surface area contributed by atoms with Gasteiger partial charge in [-0.05, 0) is 29.3 Å². The van der Waals surface area contributed by atoms with Gasteiger partial charge in [-0.2, -0.15) is 4.39 Å². The molecule has 1 aromatic carbocycles. The second-order valence-electron chi connectivity index (χ2n) is 6.27. The number of benzene rings is 1. The summed E-state index contributed by atoms with van der Waals surface area (Å²) in [4.78, 5) is 15.2. The van der Waals surface area contributed by atoms with Crippen molar-refractivity contribution in [2.75, 3.05) is 12.4 Å². The lowest BCUT2D eigenvalue weighted by molar-refractivity contribution is 0.410. The molecular formula is C20H17F2N5O. The van der Waals surface area contributed by atoms with Crippen molar-refractivity contribution in [3.05, 3.63) is 77.5 Å². The van der Waals surface area contributed by atoms with Crippen molar-refractivity contribution >= 4 is 16.9 Å². The second-order valence-corrected chi connectivity index (χ2v) is 6.27. The average molecular weight is 381 g/mol. The van der Waals surface area contributed by atoms with Crippen molar-refractivity contribution in [2.45, 2.75) is 13.0 Å². The number of rotatable bonds is 6. The van der Waals surface area contributed by atoms with Crippen LogP contribution in [0.5, 0.6) is 5.75 Å². The van der Waals surface area contributed by atoms with Crippen LogP contribution >= 0.6 is 0 Å². The minimum absolute atomic E-state index is 0.291. The molecule has 6 nitrogen and oxygen atoms in total. The first kappa shape index (κ1) is 17.8. The van der Waals surface area contributed by atoms with Crippen molar-refractivity contribution in [3.8, 4) is 5.75 Å². The highest BCUT2D eigenvalue weighted by atomic mass is 19.1. The molecule has 0 fully saturated rings. The summed E-state index contributed by atoms with van der Waals surface area (Å²) in [5, 5.41) is 3.85. The zero-order chi connectivity index (χ0) is 19.5. The van der Waals surface area contributed by atoms with E-state index in [0.29, 0.717) is 41.3 Å². The number of ether oxygens (including phenoxy) is 1. The Kier molecular flexibility index (Phi) is 4.84. The van der Waals surface area contributed by atoms with E-state index in [4.69, 9.17) is 4.74 Å². The number of nitrogens with zero attached hydrogens (tertiary/aromatic N) is 3. The molecule has 0 atom stereocenters. The Bertz CT molecular complexity index is 1130. The first-order chi connectivity index (χ1) is 13.6. The number of aromatic amines is 1. The molecule has 4 aromatic rings. The molecule has 0 aliphatic rings. The number of methoxy groups -OCH3 is 1. The third-order valence-electron chi connectivity index (χ3n) is 4.39. The summed E-state index contributed by atoms with van der Waals surface area (Å²) in [5.74, 6) is -0.165. The van der Waals surface area contributed by atoms with Crippen molar-refractivity contribution in [2.24, 2.45) is 0 Å².